The molecular weight excluding hydrogens is 330 g/mol. The number of hydrogen-bond donors (Lipinski definition) is 0. The van der Waals surface area contributed by atoms with E-state index in [0.29, 0.717) is 0 Å². The molecule has 0 aliphatic carbocycles. The summed E-state index contributed by atoms with van der Waals surface area (Å²) in [6, 6.07) is 0. The predicted octanol–water partition coefficient (Wildman–Crippen LogP) is 1.56. The topological polar surface area (TPSA) is 18.5 Å². The van der Waals surface area contributed by atoms with Gasteiger partial charge in [-0.25, -0.2) is 9.78 Å². The van der Waals surface area contributed by atoms with Gasteiger partial charge in [0.05, 0.1) is 39.9 Å². The molecule has 0 fully saturated rings. The van der Waals surface area contributed by atoms with Gasteiger partial charge in [-0.2, -0.15) is 0 Å². The first kappa shape index (κ1) is 23.6. The summed E-state index contributed by atoms with van der Waals surface area (Å²) in [6.45, 7) is 8.04. The van der Waals surface area contributed by atoms with Crippen LogP contribution in [0.4, 0.5) is 0 Å². The fourth-order valence-electron chi connectivity index (χ4n) is 2.03. The van der Waals surface area contributed by atoms with Crippen molar-refractivity contribution in [1.82, 2.24) is 0 Å². The quantitative estimate of drug-likeness (QED) is 0.225. The lowest BCUT2D eigenvalue weighted by Crippen LogP contribution is -3.00. The Hall–Kier alpha value is 0.360. The molecular formula is C17H38BrNO2. The first-order valence-corrected chi connectivity index (χ1v) is 8.32. The van der Waals surface area contributed by atoms with Crippen molar-refractivity contribution in [2.75, 3.05) is 34.3 Å². The monoisotopic (exact) mass is 367 g/mol. The molecule has 0 atom stereocenters. The van der Waals surface area contributed by atoms with Crippen molar-refractivity contribution in [3.8, 4) is 0 Å². The summed E-state index contributed by atoms with van der Waals surface area (Å²) in [5.74, 6) is 0. The van der Waals surface area contributed by atoms with Gasteiger partial charge in [-0.15, -0.1) is 0 Å². The molecule has 0 saturated heterocycles. The van der Waals surface area contributed by atoms with Gasteiger partial charge in [0.2, 0.25) is 0 Å². The fourth-order valence-corrected chi connectivity index (χ4v) is 2.03. The molecule has 0 saturated carbocycles. The minimum absolute atomic E-state index is 0. The summed E-state index contributed by atoms with van der Waals surface area (Å²) in [5.41, 5.74) is -0.189. The summed E-state index contributed by atoms with van der Waals surface area (Å²) < 4.78 is 1.09. The molecule has 3 nitrogen and oxygen atoms in total. The van der Waals surface area contributed by atoms with E-state index in [1.54, 1.807) is 0 Å². The number of quaternary nitrogens is 1. The van der Waals surface area contributed by atoms with E-state index >= 15 is 0 Å². The molecule has 21 heavy (non-hydrogen) atoms. The second-order valence-electron chi connectivity index (χ2n) is 7.86. The van der Waals surface area contributed by atoms with Gasteiger partial charge in [0.1, 0.15) is 0 Å². The highest BCUT2D eigenvalue weighted by atomic mass is 79.9. The van der Waals surface area contributed by atoms with E-state index in [4.69, 9.17) is 9.78 Å². The summed E-state index contributed by atoms with van der Waals surface area (Å²) in [5, 5.41) is 0. The van der Waals surface area contributed by atoms with Gasteiger partial charge < -0.3 is 21.5 Å². The maximum absolute atomic E-state index is 5.23. The van der Waals surface area contributed by atoms with Crippen LogP contribution in [0.5, 0.6) is 0 Å². The molecule has 0 unspecified atom stereocenters. The van der Waals surface area contributed by atoms with Gasteiger partial charge in [0, 0.05) is 0 Å². The fraction of sp³-hybridized carbons (Fsp3) is 1.00. The van der Waals surface area contributed by atoms with Crippen LogP contribution in [-0.4, -0.2) is 44.4 Å². The largest absolute Gasteiger partial charge is 1.00 e. The average Bonchev–Trinajstić information content (AvgIpc) is 2.27. The van der Waals surface area contributed by atoms with Crippen molar-refractivity contribution in [1.29, 1.82) is 0 Å². The van der Waals surface area contributed by atoms with E-state index in [0.717, 1.165) is 17.5 Å². The third kappa shape index (κ3) is 22.8. The zero-order valence-corrected chi connectivity index (χ0v) is 16.8. The number of nitrogens with zero attached hydrogens (tertiary/aromatic N) is 1. The zero-order chi connectivity index (χ0) is 15.5. The second-order valence-corrected chi connectivity index (χ2v) is 7.86. The second kappa shape index (κ2) is 12.9. The van der Waals surface area contributed by atoms with Crippen LogP contribution in [-0.2, 0) is 9.78 Å². The highest BCUT2D eigenvalue weighted by Crippen LogP contribution is 2.11. The zero-order valence-electron chi connectivity index (χ0n) is 15.2. The van der Waals surface area contributed by atoms with E-state index in [1.165, 1.54) is 51.5 Å². The van der Waals surface area contributed by atoms with Gasteiger partial charge in [0.15, 0.2) is 0 Å². The Morgan fingerprint density at radius 3 is 1.57 bits per heavy atom. The van der Waals surface area contributed by atoms with Crippen LogP contribution in [0.25, 0.3) is 0 Å². The minimum Gasteiger partial charge on any atom is -1.00 e. The van der Waals surface area contributed by atoms with Crippen LogP contribution >= 0.6 is 0 Å². The molecule has 0 aromatic heterocycles. The van der Waals surface area contributed by atoms with Crippen LogP contribution < -0.4 is 17.0 Å². The number of halogens is 1. The summed E-state index contributed by atoms with van der Waals surface area (Å²) >= 11 is 0. The molecule has 0 aliphatic rings. The van der Waals surface area contributed by atoms with Crippen molar-refractivity contribution in [2.45, 2.75) is 77.7 Å². The lowest BCUT2D eigenvalue weighted by molar-refractivity contribution is -0.870. The Morgan fingerprint density at radius 2 is 1.14 bits per heavy atom. The van der Waals surface area contributed by atoms with Gasteiger partial charge in [0.25, 0.3) is 0 Å². The van der Waals surface area contributed by atoms with Crippen LogP contribution in [0.3, 0.4) is 0 Å². The highest BCUT2D eigenvalue weighted by molar-refractivity contribution is 4.54. The molecule has 0 heterocycles. The van der Waals surface area contributed by atoms with E-state index < -0.39 is 0 Å². The van der Waals surface area contributed by atoms with Crippen LogP contribution in [0.1, 0.15) is 72.1 Å². The molecule has 0 N–H and O–H groups in total. The maximum atomic E-state index is 5.23. The number of rotatable bonds is 12. The Morgan fingerprint density at radius 1 is 0.714 bits per heavy atom. The molecule has 0 radical (unpaired) electrons. The maximum Gasteiger partial charge on any atom is 0.0952 e. The molecule has 0 rings (SSSR count). The van der Waals surface area contributed by atoms with Gasteiger partial charge in [-0.05, 0) is 40.0 Å². The summed E-state index contributed by atoms with van der Waals surface area (Å²) in [7, 11) is 6.81. The van der Waals surface area contributed by atoms with E-state index in [1.807, 2.05) is 20.8 Å². The molecule has 4 heteroatoms. The number of unbranched alkanes of at least 4 members (excludes halogenated alkanes) is 7. The Bertz CT molecular complexity index is 198. The first-order chi connectivity index (χ1) is 9.21. The first-order valence-electron chi connectivity index (χ1n) is 8.32. The molecule has 0 amide bonds. The molecule has 130 valence electrons. The van der Waals surface area contributed by atoms with Gasteiger partial charge in [-0.3, -0.25) is 0 Å². The number of hydrogen-bond acceptors (Lipinski definition) is 2. The van der Waals surface area contributed by atoms with E-state index in [2.05, 4.69) is 21.1 Å². The molecule has 0 aromatic carbocycles. The Balaban J connectivity index is 0. The smallest absolute Gasteiger partial charge is 0.0952 e. The van der Waals surface area contributed by atoms with Crippen molar-refractivity contribution < 1.29 is 31.2 Å². The van der Waals surface area contributed by atoms with Crippen LogP contribution in [0.15, 0.2) is 0 Å². The third-order valence-electron chi connectivity index (χ3n) is 3.12. The molecule has 0 bridgehead atoms. The van der Waals surface area contributed by atoms with Crippen molar-refractivity contribution in [2.24, 2.45) is 0 Å². The van der Waals surface area contributed by atoms with Crippen LogP contribution in [0, 0.1) is 0 Å². The normalized spacial score (nSPS) is 12.3. The minimum atomic E-state index is -0.189. The SMILES string of the molecule is CC(C)(C)OOCCCCCCCCCC[N+](C)(C)C.[Br-]. The van der Waals surface area contributed by atoms with Crippen LogP contribution in [0.2, 0.25) is 0 Å². The Labute approximate surface area is 143 Å². The summed E-state index contributed by atoms with van der Waals surface area (Å²) in [6.07, 6.45) is 10.6. The van der Waals surface area contributed by atoms with E-state index in [-0.39, 0.29) is 22.6 Å². The summed E-state index contributed by atoms with van der Waals surface area (Å²) in [4.78, 5) is 10.4. The third-order valence-corrected chi connectivity index (χ3v) is 3.12. The van der Waals surface area contributed by atoms with Crippen molar-refractivity contribution >= 4 is 0 Å². The molecule has 0 spiro atoms. The van der Waals surface area contributed by atoms with Crippen molar-refractivity contribution in [3.05, 3.63) is 0 Å². The Kier molecular flexibility index (Phi) is 14.5. The molecule has 0 aliphatic heterocycles. The van der Waals surface area contributed by atoms with Crippen molar-refractivity contribution in [3.63, 3.8) is 0 Å². The van der Waals surface area contributed by atoms with Gasteiger partial charge >= 0.3 is 0 Å². The standard InChI is InChI=1S/C17H38NO2.BrH/c1-17(2,3)20-19-16-14-12-10-8-7-9-11-13-15-18(4,5)6;/h7-16H2,1-6H3;1H/q+1;/p-1. The van der Waals surface area contributed by atoms with E-state index in [9.17, 15) is 0 Å². The average molecular weight is 368 g/mol. The van der Waals surface area contributed by atoms with Gasteiger partial charge in [-0.1, -0.05) is 32.1 Å². The lowest BCUT2D eigenvalue weighted by atomic mass is 10.1. The lowest BCUT2D eigenvalue weighted by Gasteiger charge is -2.23. The predicted molar refractivity (Wildman–Crippen MR) is 86.6 cm³/mol. The molecule has 0 aromatic rings. The highest BCUT2D eigenvalue weighted by Gasteiger charge is 2.10.